The van der Waals surface area contributed by atoms with E-state index in [-0.39, 0.29) is 5.60 Å². The molecular formula is C16H24O2. The third-order valence-corrected chi connectivity index (χ3v) is 2.58. The van der Waals surface area contributed by atoms with Crippen LogP contribution in [-0.4, -0.2) is 12.2 Å². The van der Waals surface area contributed by atoms with Crippen LogP contribution in [0.3, 0.4) is 0 Å². The van der Waals surface area contributed by atoms with Gasteiger partial charge in [-0.05, 0) is 38.8 Å². The smallest absolute Gasteiger partial charge is 0.0952 e. The van der Waals surface area contributed by atoms with Crippen LogP contribution in [0.2, 0.25) is 0 Å². The molecule has 0 aliphatic carbocycles. The number of rotatable bonds is 5. The van der Waals surface area contributed by atoms with Gasteiger partial charge in [-0.25, -0.2) is 9.78 Å². The second-order valence-corrected chi connectivity index (χ2v) is 5.79. The summed E-state index contributed by atoms with van der Waals surface area (Å²) < 4.78 is 0. The first kappa shape index (κ1) is 14.9. The van der Waals surface area contributed by atoms with Gasteiger partial charge in [-0.15, -0.1) is 0 Å². The second kappa shape index (κ2) is 6.17. The molecule has 1 aromatic rings. The Labute approximate surface area is 111 Å². The van der Waals surface area contributed by atoms with Crippen molar-refractivity contribution in [3.63, 3.8) is 0 Å². The first-order chi connectivity index (χ1) is 8.29. The van der Waals surface area contributed by atoms with Gasteiger partial charge in [0.05, 0.1) is 12.2 Å². The summed E-state index contributed by atoms with van der Waals surface area (Å²) in [5.74, 6) is 0.298. The Bertz CT molecular complexity index is 402. The number of benzene rings is 1. The quantitative estimate of drug-likeness (QED) is 0.561. The van der Waals surface area contributed by atoms with E-state index in [4.69, 9.17) is 9.78 Å². The average molecular weight is 248 g/mol. The van der Waals surface area contributed by atoms with E-state index in [1.165, 1.54) is 11.1 Å². The Balaban J connectivity index is 2.59. The summed E-state index contributed by atoms with van der Waals surface area (Å²) in [6, 6.07) is 8.40. The lowest BCUT2D eigenvalue weighted by Gasteiger charge is -2.20. The monoisotopic (exact) mass is 248 g/mol. The molecule has 0 fully saturated rings. The van der Waals surface area contributed by atoms with E-state index >= 15 is 0 Å². The number of allylic oxidation sites excluding steroid dienone is 1. The fraction of sp³-hybridized carbons (Fsp3) is 0.500. The summed E-state index contributed by atoms with van der Waals surface area (Å²) >= 11 is 0. The molecule has 0 saturated heterocycles. The van der Waals surface area contributed by atoms with Gasteiger partial charge >= 0.3 is 0 Å². The van der Waals surface area contributed by atoms with Gasteiger partial charge in [-0.3, -0.25) is 0 Å². The lowest BCUT2D eigenvalue weighted by Crippen LogP contribution is -2.20. The Morgan fingerprint density at radius 1 is 1.33 bits per heavy atom. The van der Waals surface area contributed by atoms with Crippen molar-refractivity contribution in [2.45, 2.75) is 46.1 Å². The van der Waals surface area contributed by atoms with Crippen LogP contribution in [-0.2, 0) is 9.78 Å². The van der Waals surface area contributed by atoms with Crippen molar-refractivity contribution in [2.75, 3.05) is 6.61 Å². The molecule has 0 amide bonds. The van der Waals surface area contributed by atoms with Gasteiger partial charge < -0.3 is 0 Å². The maximum Gasteiger partial charge on any atom is 0.0952 e. The molecule has 0 spiro atoms. The van der Waals surface area contributed by atoms with E-state index in [2.05, 4.69) is 37.8 Å². The molecule has 1 aromatic carbocycles. The van der Waals surface area contributed by atoms with Gasteiger partial charge in [0.2, 0.25) is 0 Å². The van der Waals surface area contributed by atoms with Gasteiger partial charge in [-0.2, -0.15) is 0 Å². The Morgan fingerprint density at radius 2 is 2.00 bits per heavy atom. The third-order valence-electron chi connectivity index (χ3n) is 2.58. The normalized spacial score (nSPS) is 13.4. The van der Waals surface area contributed by atoms with Crippen LogP contribution in [0.5, 0.6) is 0 Å². The van der Waals surface area contributed by atoms with E-state index in [0.29, 0.717) is 12.5 Å². The topological polar surface area (TPSA) is 18.5 Å². The lowest BCUT2D eigenvalue weighted by molar-refractivity contribution is -0.350. The SMILES string of the molecule is C=C(C)c1cccc(C(C)COOC(C)(C)C)c1. The average Bonchev–Trinajstić information content (AvgIpc) is 2.27. The van der Waals surface area contributed by atoms with Crippen molar-refractivity contribution in [1.82, 2.24) is 0 Å². The van der Waals surface area contributed by atoms with Gasteiger partial charge in [0.15, 0.2) is 0 Å². The summed E-state index contributed by atoms with van der Waals surface area (Å²) in [5, 5.41) is 0. The van der Waals surface area contributed by atoms with Gasteiger partial charge in [0.25, 0.3) is 0 Å². The first-order valence-corrected chi connectivity index (χ1v) is 6.36. The lowest BCUT2D eigenvalue weighted by atomic mass is 9.98. The van der Waals surface area contributed by atoms with Gasteiger partial charge in [0, 0.05) is 5.92 Å². The summed E-state index contributed by atoms with van der Waals surface area (Å²) in [4.78, 5) is 10.6. The largest absolute Gasteiger partial charge is 0.236 e. The molecule has 0 aliphatic heterocycles. The van der Waals surface area contributed by atoms with E-state index in [9.17, 15) is 0 Å². The van der Waals surface area contributed by atoms with Gasteiger partial charge in [-0.1, -0.05) is 43.3 Å². The third kappa shape index (κ3) is 5.03. The molecule has 18 heavy (non-hydrogen) atoms. The maximum atomic E-state index is 5.29. The van der Waals surface area contributed by atoms with Crippen molar-refractivity contribution in [3.05, 3.63) is 42.0 Å². The van der Waals surface area contributed by atoms with Crippen LogP contribution in [0.1, 0.15) is 51.7 Å². The van der Waals surface area contributed by atoms with Crippen LogP contribution in [0.25, 0.3) is 5.57 Å². The van der Waals surface area contributed by atoms with Crippen LogP contribution in [0.15, 0.2) is 30.8 Å². The van der Waals surface area contributed by atoms with E-state index in [0.717, 1.165) is 5.57 Å². The summed E-state index contributed by atoms with van der Waals surface area (Å²) in [7, 11) is 0. The van der Waals surface area contributed by atoms with Crippen LogP contribution in [0, 0.1) is 0 Å². The molecule has 0 radical (unpaired) electrons. The van der Waals surface area contributed by atoms with Crippen molar-refractivity contribution in [3.8, 4) is 0 Å². The predicted molar refractivity (Wildman–Crippen MR) is 76.4 cm³/mol. The number of hydrogen-bond acceptors (Lipinski definition) is 2. The van der Waals surface area contributed by atoms with Crippen molar-refractivity contribution in [1.29, 1.82) is 0 Å². The zero-order chi connectivity index (χ0) is 13.8. The molecule has 0 saturated carbocycles. The number of hydrogen-bond donors (Lipinski definition) is 0. The summed E-state index contributed by atoms with van der Waals surface area (Å²) in [6.07, 6.45) is 0. The zero-order valence-corrected chi connectivity index (χ0v) is 12.1. The molecule has 0 aliphatic rings. The summed E-state index contributed by atoms with van der Waals surface area (Å²) in [5.41, 5.74) is 3.24. The highest BCUT2D eigenvalue weighted by Crippen LogP contribution is 2.21. The molecule has 0 bridgehead atoms. The van der Waals surface area contributed by atoms with Crippen molar-refractivity contribution >= 4 is 5.57 Å². The van der Waals surface area contributed by atoms with E-state index < -0.39 is 0 Å². The summed E-state index contributed by atoms with van der Waals surface area (Å²) in [6.45, 7) is 14.6. The molecule has 2 nitrogen and oxygen atoms in total. The molecule has 1 unspecified atom stereocenters. The van der Waals surface area contributed by atoms with E-state index in [1.54, 1.807) is 0 Å². The molecule has 1 atom stereocenters. The van der Waals surface area contributed by atoms with Gasteiger partial charge in [0.1, 0.15) is 0 Å². The molecule has 0 N–H and O–H groups in total. The minimum absolute atomic E-state index is 0.265. The highest BCUT2D eigenvalue weighted by molar-refractivity contribution is 5.61. The highest BCUT2D eigenvalue weighted by Gasteiger charge is 2.13. The van der Waals surface area contributed by atoms with Crippen LogP contribution < -0.4 is 0 Å². The molecule has 0 aromatic heterocycles. The van der Waals surface area contributed by atoms with E-state index in [1.807, 2.05) is 27.7 Å². The Morgan fingerprint density at radius 3 is 2.56 bits per heavy atom. The highest BCUT2D eigenvalue weighted by atomic mass is 17.2. The minimum atomic E-state index is -0.265. The minimum Gasteiger partial charge on any atom is -0.236 e. The Kier molecular flexibility index (Phi) is 5.12. The standard InChI is InChI=1S/C16H24O2/c1-12(2)14-8-7-9-15(10-14)13(3)11-17-18-16(4,5)6/h7-10,13H,1,11H2,2-6H3. The Hall–Kier alpha value is -1.12. The first-order valence-electron chi connectivity index (χ1n) is 6.36. The molecule has 2 heteroatoms. The fourth-order valence-corrected chi connectivity index (χ4v) is 1.52. The predicted octanol–water partition coefficient (Wildman–Crippen LogP) is 4.57. The molecular weight excluding hydrogens is 224 g/mol. The zero-order valence-electron chi connectivity index (χ0n) is 12.1. The second-order valence-electron chi connectivity index (χ2n) is 5.79. The fourth-order valence-electron chi connectivity index (χ4n) is 1.52. The molecule has 100 valence electrons. The van der Waals surface area contributed by atoms with Crippen molar-refractivity contribution < 1.29 is 9.78 Å². The molecule has 1 rings (SSSR count). The van der Waals surface area contributed by atoms with Crippen LogP contribution >= 0.6 is 0 Å². The van der Waals surface area contributed by atoms with Crippen molar-refractivity contribution in [2.24, 2.45) is 0 Å². The maximum absolute atomic E-state index is 5.29. The molecule has 0 heterocycles. The van der Waals surface area contributed by atoms with Crippen LogP contribution in [0.4, 0.5) is 0 Å².